The molecule has 4 aromatic rings. The summed E-state index contributed by atoms with van der Waals surface area (Å²) >= 11 is 5.88. The third kappa shape index (κ3) is 9.02. The van der Waals surface area contributed by atoms with E-state index in [0.29, 0.717) is 30.6 Å². The molecule has 6 nitrogen and oxygen atoms in total. The molecule has 0 aromatic heterocycles. The first-order valence-electron chi connectivity index (χ1n) is 16.6. The van der Waals surface area contributed by atoms with Gasteiger partial charge in [-0.1, -0.05) is 29.8 Å². The van der Waals surface area contributed by atoms with Crippen LogP contribution in [-0.2, 0) is 45.2 Å². The number of halogens is 5. The fourth-order valence-electron chi connectivity index (χ4n) is 6.51. The minimum absolute atomic E-state index is 0.111. The molecule has 0 saturated heterocycles. The molecule has 2 aliphatic rings. The molecule has 0 amide bonds. The molecule has 2 aliphatic heterocycles. The van der Waals surface area contributed by atoms with Crippen molar-refractivity contribution >= 4 is 11.6 Å². The van der Waals surface area contributed by atoms with Crippen LogP contribution in [0.1, 0.15) is 65.6 Å². The average Bonchev–Trinajstić information content (AvgIpc) is 3.71. The van der Waals surface area contributed by atoms with Crippen molar-refractivity contribution in [3.63, 3.8) is 0 Å². The summed E-state index contributed by atoms with van der Waals surface area (Å²) in [4.78, 5) is 4.53. The lowest BCUT2D eigenvalue weighted by molar-refractivity contribution is -0.137. The van der Waals surface area contributed by atoms with Gasteiger partial charge in [-0.3, -0.25) is 9.80 Å². The molecule has 6 rings (SSSR count). The maximum Gasteiger partial charge on any atom is 0.416 e. The Balaban J connectivity index is 0.000000195. The van der Waals surface area contributed by atoms with E-state index in [0.717, 1.165) is 78.2 Å². The Morgan fingerprint density at radius 1 is 0.680 bits per heavy atom. The number of hydrogen-bond donors (Lipinski definition) is 2. The van der Waals surface area contributed by atoms with Crippen LogP contribution < -0.4 is 9.47 Å². The highest BCUT2D eigenvalue weighted by Gasteiger charge is 2.33. The van der Waals surface area contributed by atoms with Crippen LogP contribution in [0.3, 0.4) is 0 Å². The molecule has 0 fully saturated rings. The maximum atomic E-state index is 13.6. The second-order valence-electron chi connectivity index (χ2n) is 13.1. The number of nitrogens with zero attached hydrogens (tertiary/aromatic N) is 2. The van der Waals surface area contributed by atoms with Crippen molar-refractivity contribution in [2.75, 3.05) is 14.2 Å². The Labute approximate surface area is 295 Å². The number of phenolic OH excluding ortho intramolecular Hbond substituents is 2. The second-order valence-corrected chi connectivity index (χ2v) is 13.5. The van der Waals surface area contributed by atoms with Gasteiger partial charge in [-0.25, -0.2) is 4.39 Å². The molecule has 268 valence electrons. The molecule has 0 saturated carbocycles. The maximum absolute atomic E-state index is 13.6. The van der Waals surface area contributed by atoms with E-state index in [2.05, 4.69) is 23.6 Å². The summed E-state index contributed by atoms with van der Waals surface area (Å²) in [6.07, 6.45) is -0.767. The number of aromatic hydroxyl groups is 2. The van der Waals surface area contributed by atoms with Crippen LogP contribution in [-0.4, -0.2) is 46.3 Å². The highest BCUT2D eigenvalue weighted by Crippen LogP contribution is 2.35. The molecular formula is C39H43ClF4N2O4. The van der Waals surface area contributed by atoms with E-state index in [1.807, 2.05) is 24.3 Å². The number of methoxy groups -OCH3 is 2. The van der Waals surface area contributed by atoms with Crippen LogP contribution in [0.4, 0.5) is 17.6 Å². The van der Waals surface area contributed by atoms with E-state index in [-0.39, 0.29) is 28.4 Å². The van der Waals surface area contributed by atoms with Gasteiger partial charge in [0, 0.05) is 38.3 Å². The summed E-state index contributed by atoms with van der Waals surface area (Å²) in [5.41, 5.74) is 5.47. The highest BCUT2D eigenvalue weighted by molar-refractivity contribution is 6.30. The van der Waals surface area contributed by atoms with E-state index in [1.54, 1.807) is 37.4 Å². The number of benzene rings is 4. The van der Waals surface area contributed by atoms with Crippen molar-refractivity contribution in [1.82, 2.24) is 9.80 Å². The van der Waals surface area contributed by atoms with E-state index >= 15 is 0 Å². The molecule has 0 bridgehead atoms. The van der Waals surface area contributed by atoms with Crippen LogP contribution in [0.5, 0.6) is 23.0 Å². The number of ether oxygens (including phenoxy) is 2. The Morgan fingerprint density at radius 3 is 1.62 bits per heavy atom. The zero-order chi connectivity index (χ0) is 36.2. The van der Waals surface area contributed by atoms with Gasteiger partial charge >= 0.3 is 6.18 Å². The van der Waals surface area contributed by atoms with Crippen LogP contribution in [0, 0.1) is 5.82 Å². The number of rotatable bonds is 10. The molecule has 0 radical (unpaired) electrons. The van der Waals surface area contributed by atoms with Gasteiger partial charge in [-0.15, -0.1) is 0 Å². The van der Waals surface area contributed by atoms with Crippen molar-refractivity contribution in [3.05, 3.63) is 117 Å². The minimum atomic E-state index is -4.30. The molecule has 4 aromatic carbocycles. The van der Waals surface area contributed by atoms with Gasteiger partial charge in [-0.2, -0.15) is 13.2 Å². The standard InChI is InChI=1S/C20H22F3NO2.C19H21ClFNO2/c1-13(3-4-14-5-8-18(25)19(9-14)26-2)24-11-15-6-7-17(20(21,22)23)10-16(15)12-24;1-12(3-4-13-5-6-18(23)19(7-13)24-2)22-10-14-8-16(20)17(21)9-15(14)11-22/h5-10,13,25H,3-4,11-12H2,1-2H3;5-9,12,23H,3-4,10-11H2,1-2H3/t13-;12-/m11/s1. The first kappa shape index (κ1) is 37.3. The number of hydrogen-bond acceptors (Lipinski definition) is 6. The minimum Gasteiger partial charge on any atom is -0.504 e. The summed E-state index contributed by atoms with van der Waals surface area (Å²) < 4.78 is 62.5. The highest BCUT2D eigenvalue weighted by atomic mass is 35.5. The van der Waals surface area contributed by atoms with Gasteiger partial charge < -0.3 is 19.7 Å². The fourth-order valence-corrected chi connectivity index (χ4v) is 6.70. The largest absolute Gasteiger partial charge is 0.504 e. The van der Waals surface area contributed by atoms with Gasteiger partial charge in [0.2, 0.25) is 0 Å². The van der Waals surface area contributed by atoms with Crippen molar-refractivity contribution in [3.8, 4) is 23.0 Å². The number of alkyl halides is 3. The van der Waals surface area contributed by atoms with Crippen molar-refractivity contribution in [2.45, 2.75) is 84.0 Å². The topological polar surface area (TPSA) is 65.4 Å². The Hall–Kier alpha value is -3.99. The van der Waals surface area contributed by atoms with Crippen molar-refractivity contribution in [1.29, 1.82) is 0 Å². The summed E-state index contributed by atoms with van der Waals surface area (Å²) in [7, 11) is 3.06. The molecule has 50 heavy (non-hydrogen) atoms. The monoisotopic (exact) mass is 714 g/mol. The van der Waals surface area contributed by atoms with Crippen LogP contribution >= 0.6 is 11.6 Å². The molecule has 0 aliphatic carbocycles. The number of fused-ring (bicyclic) bond motifs is 2. The fraction of sp³-hybridized carbons (Fsp3) is 0.385. The zero-order valence-electron chi connectivity index (χ0n) is 28.7. The predicted octanol–water partition coefficient (Wildman–Crippen LogP) is 9.29. The zero-order valence-corrected chi connectivity index (χ0v) is 29.4. The van der Waals surface area contributed by atoms with Gasteiger partial charge in [0.15, 0.2) is 23.0 Å². The number of phenols is 2. The van der Waals surface area contributed by atoms with Crippen LogP contribution in [0.15, 0.2) is 66.7 Å². The lowest BCUT2D eigenvalue weighted by Crippen LogP contribution is -2.28. The Bertz CT molecular complexity index is 1770. The molecule has 2 N–H and O–H groups in total. The molecule has 0 spiro atoms. The van der Waals surface area contributed by atoms with Gasteiger partial charge in [0.05, 0.1) is 24.8 Å². The van der Waals surface area contributed by atoms with Crippen molar-refractivity contribution < 1.29 is 37.2 Å². The summed E-state index contributed by atoms with van der Waals surface area (Å²) in [6.45, 7) is 7.04. The first-order chi connectivity index (χ1) is 23.7. The lowest BCUT2D eigenvalue weighted by Gasteiger charge is -2.23. The molecule has 2 atom stereocenters. The van der Waals surface area contributed by atoms with E-state index < -0.39 is 11.7 Å². The molecule has 2 heterocycles. The summed E-state index contributed by atoms with van der Waals surface area (Å²) in [6, 6.07) is 18.6. The third-order valence-electron chi connectivity index (χ3n) is 9.71. The predicted molar refractivity (Wildman–Crippen MR) is 186 cm³/mol. The number of aryl methyl sites for hydroxylation is 2. The first-order valence-corrected chi connectivity index (χ1v) is 17.0. The van der Waals surface area contributed by atoms with Crippen LogP contribution in [0.2, 0.25) is 5.02 Å². The van der Waals surface area contributed by atoms with Crippen LogP contribution in [0.25, 0.3) is 0 Å². The lowest BCUT2D eigenvalue weighted by atomic mass is 10.0. The SMILES string of the molecule is COc1cc(CC[C@@H](C)N2Cc3cc(F)c(Cl)cc3C2)ccc1O.COc1cc(CC[C@@H](C)N2Cc3ccc(C(F)(F)F)cc3C2)ccc1O. The molecule has 0 unspecified atom stereocenters. The second kappa shape index (κ2) is 15.9. The smallest absolute Gasteiger partial charge is 0.416 e. The quantitative estimate of drug-likeness (QED) is 0.160. The summed E-state index contributed by atoms with van der Waals surface area (Å²) in [5, 5.41) is 19.5. The van der Waals surface area contributed by atoms with Crippen molar-refractivity contribution in [2.24, 2.45) is 0 Å². The van der Waals surface area contributed by atoms with E-state index in [9.17, 15) is 27.8 Å². The van der Waals surface area contributed by atoms with Gasteiger partial charge in [0.1, 0.15) is 5.82 Å². The Morgan fingerprint density at radius 2 is 1.14 bits per heavy atom. The average molecular weight is 715 g/mol. The van der Waals surface area contributed by atoms with E-state index in [4.69, 9.17) is 21.1 Å². The normalized spacial score (nSPS) is 15.5. The summed E-state index contributed by atoms with van der Waals surface area (Å²) in [5.74, 6) is 0.867. The van der Waals surface area contributed by atoms with E-state index in [1.165, 1.54) is 13.2 Å². The Kier molecular flexibility index (Phi) is 11.9. The van der Waals surface area contributed by atoms with Gasteiger partial charge in [0.25, 0.3) is 0 Å². The molecule has 11 heteroatoms. The third-order valence-corrected chi connectivity index (χ3v) is 10.00. The molecular weight excluding hydrogens is 672 g/mol. The van der Waals surface area contributed by atoms with Gasteiger partial charge in [-0.05, 0) is 121 Å².